The van der Waals surface area contributed by atoms with Gasteiger partial charge in [0, 0.05) is 12.6 Å². The number of hydrogen-bond donors (Lipinski definition) is 2. The zero-order valence-electron chi connectivity index (χ0n) is 16.8. The number of aliphatic imine (C=N–C) groups is 1. The van der Waals surface area contributed by atoms with Gasteiger partial charge in [0.1, 0.15) is 5.54 Å². The highest BCUT2D eigenvalue weighted by Gasteiger charge is 2.43. The summed E-state index contributed by atoms with van der Waals surface area (Å²) in [5.41, 5.74) is -1.75. The molecule has 0 bridgehead atoms. The summed E-state index contributed by atoms with van der Waals surface area (Å²) >= 11 is 0. The molecule has 27 heavy (non-hydrogen) atoms. The number of nitrogens with one attached hydrogen (secondary N) is 1. The van der Waals surface area contributed by atoms with Crippen molar-refractivity contribution in [2.75, 3.05) is 13.1 Å². The van der Waals surface area contributed by atoms with E-state index in [9.17, 15) is 19.5 Å². The molecule has 1 aliphatic rings. The first-order chi connectivity index (χ1) is 12.4. The van der Waals surface area contributed by atoms with E-state index >= 15 is 0 Å². The minimum atomic E-state index is -1.43. The molecular weight excluding hydrogens is 348 g/mol. The molecule has 2 atom stereocenters. The summed E-state index contributed by atoms with van der Waals surface area (Å²) in [5, 5.41) is 21.3. The van der Waals surface area contributed by atoms with Gasteiger partial charge in [-0.15, -0.1) is 0 Å². The zero-order valence-corrected chi connectivity index (χ0v) is 16.8. The van der Waals surface area contributed by atoms with E-state index in [0.29, 0.717) is 13.0 Å². The topological polar surface area (TPSA) is 123 Å². The van der Waals surface area contributed by atoms with Crippen LogP contribution in [0.2, 0.25) is 0 Å². The maximum Gasteiger partial charge on any atom is 0.329 e. The van der Waals surface area contributed by atoms with Crippen LogP contribution in [-0.2, 0) is 9.59 Å². The average Bonchev–Trinajstić information content (AvgIpc) is 2.51. The second kappa shape index (κ2) is 8.53. The summed E-state index contributed by atoms with van der Waals surface area (Å²) in [4.78, 5) is 39.9. The van der Waals surface area contributed by atoms with Gasteiger partial charge in [-0.05, 0) is 43.9 Å². The van der Waals surface area contributed by atoms with Crippen molar-refractivity contribution < 1.29 is 19.5 Å². The van der Waals surface area contributed by atoms with Crippen molar-refractivity contribution in [1.82, 2.24) is 10.2 Å². The Morgan fingerprint density at radius 3 is 2.48 bits per heavy atom. The van der Waals surface area contributed by atoms with Crippen LogP contribution in [0, 0.1) is 22.2 Å². The summed E-state index contributed by atoms with van der Waals surface area (Å²) in [6.07, 6.45) is 3.85. The first-order valence-corrected chi connectivity index (χ1v) is 9.09. The number of carbonyl (C=O) groups is 2. The number of amides is 2. The van der Waals surface area contributed by atoms with Gasteiger partial charge in [0.2, 0.25) is 6.08 Å². The van der Waals surface area contributed by atoms with E-state index in [4.69, 9.17) is 5.26 Å². The van der Waals surface area contributed by atoms with Crippen LogP contribution < -0.4 is 5.32 Å². The first kappa shape index (κ1) is 22.7. The third kappa shape index (κ3) is 6.07. The Balaban J connectivity index is 3.00. The predicted molar refractivity (Wildman–Crippen MR) is 99.7 cm³/mol. The van der Waals surface area contributed by atoms with Crippen molar-refractivity contribution in [2.24, 2.45) is 15.8 Å². The number of aliphatic carboxylic acids is 1. The highest BCUT2D eigenvalue weighted by atomic mass is 16.4. The maximum absolute atomic E-state index is 12.9. The van der Waals surface area contributed by atoms with Crippen molar-refractivity contribution in [2.45, 2.75) is 71.9 Å². The third-order valence-corrected chi connectivity index (χ3v) is 5.19. The summed E-state index contributed by atoms with van der Waals surface area (Å²) < 4.78 is 0. The van der Waals surface area contributed by atoms with E-state index in [1.165, 1.54) is 18.7 Å². The van der Waals surface area contributed by atoms with E-state index in [2.05, 4.69) is 24.2 Å². The van der Waals surface area contributed by atoms with Gasteiger partial charge in [0.05, 0.1) is 19.0 Å². The van der Waals surface area contributed by atoms with Gasteiger partial charge in [-0.1, -0.05) is 20.8 Å². The Morgan fingerprint density at radius 1 is 1.33 bits per heavy atom. The van der Waals surface area contributed by atoms with Crippen LogP contribution in [0.3, 0.4) is 0 Å². The van der Waals surface area contributed by atoms with Crippen molar-refractivity contribution in [3.8, 4) is 6.07 Å². The summed E-state index contributed by atoms with van der Waals surface area (Å²) in [6.45, 7) is 9.49. The molecule has 0 heterocycles. The highest BCUT2D eigenvalue weighted by Crippen LogP contribution is 2.46. The van der Waals surface area contributed by atoms with Crippen LogP contribution in [0.4, 0.5) is 4.79 Å². The lowest BCUT2D eigenvalue weighted by molar-refractivity contribution is -0.147. The van der Waals surface area contributed by atoms with Gasteiger partial charge < -0.3 is 15.3 Å². The SMILES string of the molecule is CC1(C)CC(NC(=O)N(CCC#N)C(C)(C)C(=O)O)CC(C)(CN=C=O)C1. The number of carbonyl (C=O) groups excluding carboxylic acids is 2. The minimum Gasteiger partial charge on any atom is -0.480 e. The quantitative estimate of drug-likeness (QED) is 0.521. The van der Waals surface area contributed by atoms with Crippen LogP contribution in [0.25, 0.3) is 0 Å². The lowest BCUT2D eigenvalue weighted by Crippen LogP contribution is -2.59. The van der Waals surface area contributed by atoms with Gasteiger partial charge in [-0.3, -0.25) is 0 Å². The fourth-order valence-corrected chi connectivity index (χ4v) is 4.24. The molecule has 0 saturated heterocycles. The smallest absolute Gasteiger partial charge is 0.329 e. The van der Waals surface area contributed by atoms with Crippen LogP contribution in [-0.4, -0.2) is 52.8 Å². The first-order valence-electron chi connectivity index (χ1n) is 9.09. The number of carboxylic acid groups (broad SMARTS) is 1. The van der Waals surface area contributed by atoms with Crippen LogP contribution in [0.15, 0.2) is 4.99 Å². The molecule has 8 nitrogen and oxygen atoms in total. The molecule has 0 spiro atoms. The summed E-state index contributed by atoms with van der Waals surface area (Å²) in [5.74, 6) is -1.13. The van der Waals surface area contributed by atoms with E-state index in [-0.39, 0.29) is 29.8 Å². The number of nitriles is 1. The third-order valence-electron chi connectivity index (χ3n) is 5.19. The number of hydrogen-bond acceptors (Lipinski definition) is 5. The molecule has 2 unspecified atom stereocenters. The Hall–Kier alpha value is -2.39. The second-order valence-electron chi connectivity index (χ2n) is 9.04. The fourth-order valence-electron chi connectivity index (χ4n) is 4.24. The van der Waals surface area contributed by atoms with E-state index in [1.54, 1.807) is 6.08 Å². The largest absolute Gasteiger partial charge is 0.480 e. The van der Waals surface area contributed by atoms with Crippen LogP contribution >= 0.6 is 0 Å². The molecule has 1 rings (SSSR count). The number of nitrogens with zero attached hydrogens (tertiary/aromatic N) is 3. The molecule has 0 aromatic rings. The Kier molecular flexibility index (Phi) is 7.16. The van der Waals surface area contributed by atoms with Crippen LogP contribution in [0.1, 0.15) is 60.3 Å². The fraction of sp³-hybridized carbons (Fsp3) is 0.789. The van der Waals surface area contributed by atoms with Gasteiger partial charge in [-0.2, -0.15) is 5.26 Å². The summed E-state index contributed by atoms with van der Waals surface area (Å²) in [7, 11) is 0. The monoisotopic (exact) mass is 378 g/mol. The standard InChI is InChI=1S/C19H30N4O4/c1-17(2)9-14(10-19(5,11-17)12-21-13-24)22-16(27)23(8-6-7-20)18(3,4)15(25)26/h14H,6,8-12H2,1-5H3,(H,22,27)(H,25,26). The van der Waals surface area contributed by atoms with Gasteiger partial charge in [-0.25, -0.2) is 19.4 Å². The molecule has 2 amide bonds. The van der Waals surface area contributed by atoms with Crippen molar-refractivity contribution in [3.63, 3.8) is 0 Å². The number of rotatable bonds is 7. The number of urea groups is 1. The lowest BCUT2D eigenvalue weighted by atomic mass is 9.62. The second-order valence-corrected chi connectivity index (χ2v) is 9.04. The van der Waals surface area contributed by atoms with E-state index in [1.807, 2.05) is 13.0 Å². The molecule has 0 aliphatic heterocycles. The molecule has 0 aromatic carbocycles. The number of carboxylic acids is 1. The average molecular weight is 378 g/mol. The molecule has 2 N–H and O–H groups in total. The normalized spacial score (nSPS) is 24.2. The number of isocyanates is 1. The Morgan fingerprint density at radius 2 is 1.96 bits per heavy atom. The molecule has 1 fully saturated rings. The Bertz CT molecular complexity index is 661. The maximum atomic E-state index is 12.9. The highest BCUT2D eigenvalue weighted by molar-refractivity contribution is 5.85. The molecule has 1 saturated carbocycles. The van der Waals surface area contributed by atoms with Gasteiger partial charge in [0.25, 0.3) is 0 Å². The van der Waals surface area contributed by atoms with E-state index in [0.717, 1.165) is 12.8 Å². The predicted octanol–water partition coefficient (Wildman–Crippen LogP) is 2.70. The van der Waals surface area contributed by atoms with Crippen molar-refractivity contribution >= 4 is 18.1 Å². The van der Waals surface area contributed by atoms with Gasteiger partial charge >= 0.3 is 12.0 Å². The molecule has 0 aromatic heterocycles. The molecular formula is C19H30N4O4. The summed E-state index contributed by atoms with van der Waals surface area (Å²) in [6, 6.07) is 1.28. The van der Waals surface area contributed by atoms with Crippen molar-refractivity contribution in [3.05, 3.63) is 0 Å². The van der Waals surface area contributed by atoms with Crippen LogP contribution in [0.5, 0.6) is 0 Å². The lowest BCUT2D eigenvalue weighted by Gasteiger charge is -2.46. The molecule has 150 valence electrons. The molecule has 0 radical (unpaired) electrons. The van der Waals surface area contributed by atoms with Gasteiger partial charge in [0.15, 0.2) is 0 Å². The Labute approximate surface area is 160 Å². The molecule has 8 heteroatoms. The van der Waals surface area contributed by atoms with E-state index < -0.39 is 17.5 Å². The zero-order chi connectivity index (χ0) is 20.9. The molecule has 1 aliphatic carbocycles. The van der Waals surface area contributed by atoms with Crippen molar-refractivity contribution in [1.29, 1.82) is 5.26 Å². The minimum absolute atomic E-state index is 0.0322.